The average Bonchev–Trinajstić information content (AvgIpc) is 3.17. The van der Waals surface area contributed by atoms with Gasteiger partial charge in [-0.1, -0.05) is 6.07 Å². The molecule has 25 heavy (non-hydrogen) atoms. The fraction of sp³-hybridized carbons (Fsp3) is 0.389. The zero-order valence-corrected chi connectivity index (χ0v) is 14.4. The van der Waals surface area contributed by atoms with E-state index in [1.54, 1.807) is 52.1 Å². The number of halogens is 1. The number of nitrogens with zero attached hydrogens (tertiary/aromatic N) is 4. The van der Waals surface area contributed by atoms with Crippen molar-refractivity contribution < 1.29 is 14.0 Å². The maximum atomic E-state index is 13.7. The lowest BCUT2D eigenvalue weighted by atomic mass is 10.1. The van der Waals surface area contributed by atoms with E-state index < -0.39 is 0 Å². The van der Waals surface area contributed by atoms with E-state index in [1.807, 2.05) is 6.92 Å². The van der Waals surface area contributed by atoms with E-state index >= 15 is 0 Å². The highest BCUT2D eigenvalue weighted by Gasteiger charge is 2.28. The predicted molar refractivity (Wildman–Crippen MR) is 90.6 cm³/mol. The fourth-order valence-corrected chi connectivity index (χ4v) is 2.93. The molecule has 3 rings (SSSR count). The molecule has 1 unspecified atom stereocenters. The third-order valence-electron chi connectivity index (χ3n) is 4.63. The van der Waals surface area contributed by atoms with Crippen molar-refractivity contribution in [1.82, 2.24) is 19.4 Å². The number of piperazine rings is 1. The van der Waals surface area contributed by atoms with Gasteiger partial charge in [-0.25, -0.2) is 9.37 Å². The molecule has 132 valence electrons. The molecule has 0 radical (unpaired) electrons. The number of aryl methyl sites for hydroxylation is 1. The zero-order valence-electron chi connectivity index (χ0n) is 14.4. The Morgan fingerprint density at radius 3 is 2.44 bits per heavy atom. The number of benzene rings is 1. The van der Waals surface area contributed by atoms with Crippen molar-refractivity contribution in [3.05, 3.63) is 53.9 Å². The van der Waals surface area contributed by atoms with E-state index in [-0.39, 0.29) is 23.7 Å². The highest BCUT2D eigenvalue weighted by molar-refractivity contribution is 5.94. The molecule has 0 aliphatic carbocycles. The van der Waals surface area contributed by atoms with E-state index in [9.17, 15) is 14.0 Å². The largest absolute Gasteiger partial charge is 0.337 e. The van der Waals surface area contributed by atoms with Gasteiger partial charge in [0.15, 0.2) is 0 Å². The van der Waals surface area contributed by atoms with E-state index in [0.29, 0.717) is 37.3 Å². The number of rotatable bonds is 3. The van der Waals surface area contributed by atoms with Gasteiger partial charge in [-0.3, -0.25) is 9.59 Å². The van der Waals surface area contributed by atoms with Gasteiger partial charge in [0.2, 0.25) is 5.91 Å². The summed E-state index contributed by atoms with van der Waals surface area (Å²) in [6, 6.07) is 4.20. The van der Waals surface area contributed by atoms with Crippen molar-refractivity contribution >= 4 is 11.8 Å². The number of aromatic nitrogens is 2. The predicted octanol–water partition coefficient (Wildman–Crippen LogP) is 1.88. The average molecular weight is 344 g/mol. The van der Waals surface area contributed by atoms with Crippen LogP contribution in [0.2, 0.25) is 0 Å². The molecular formula is C18H21FN4O2. The van der Waals surface area contributed by atoms with E-state index in [4.69, 9.17) is 0 Å². The Morgan fingerprint density at radius 2 is 1.84 bits per heavy atom. The Morgan fingerprint density at radius 1 is 1.16 bits per heavy atom. The zero-order chi connectivity index (χ0) is 18.0. The fourth-order valence-electron chi connectivity index (χ4n) is 2.93. The summed E-state index contributed by atoms with van der Waals surface area (Å²) in [5.74, 6) is -0.575. The molecule has 0 N–H and O–H groups in total. The third-order valence-corrected chi connectivity index (χ3v) is 4.63. The van der Waals surface area contributed by atoms with Crippen molar-refractivity contribution in [3.8, 4) is 0 Å². The lowest BCUT2D eigenvalue weighted by Gasteiger charge is -2.36. The molecule has 7 heteroatoms. The van der Waals surface area contributed by atoms with Crippen LogP contribution in [0.15, 0.2) is 36.9 Å². The van der Waals surface area contributed by atoms with Gasteiger partial charge in [-0.15, -0.1) is 0 Å². The van der Waals surface area contributed by atoms with Gasteiger partial charge >= 0.3 is 0 Å². The van der Waals surface area contributed by atoms with Crippen molar-refractivity contribution in [3.63, 3.8) is 0 Å². The van der Waals surface area contributed by atoms with Crippen molar-refractivity contribution in [2.75, 3.05) is 26.2 Å². The van der Waals surface area contributed by atoms with Gasteiger partial charge in [-0.2, -0.15) is 0 Å². The molecule has 1 aliphatic heterocycles. The maximum Gasteiger partial charge on any atom is 0.254 e. The molecule has 0 saturated carbocycles. The van der Waals surface area contributed by atoms with Crippen molar-refractivity contribution in [1.29, 1.82) is 0 Å². The summed E-state index contributed by atoms with van der Waals surface area (Å²) in [6.45, 7) is 5.31. The van der Waals surface area contributed by atoms with Crippen LogP contribution in [0.25, 0.3) is 0 Å². The topological polar surface area (TPSA) is 58.4 Å². The molecule has 2 heterocycles. The Labute approximate surface area is 145 Å². The Kier molecular flexibility index (Phi) is 4.83. The first-order chi connectivity index (χ1) is 12.0. The first-order valence-corrected chi connectivity index (χ1v) is 8.29. The summed E-state index contributed by atoms with van der Waals surface area (Å²) in [5, 5.41) is 0. The lowest BCUT2D eigenvalue weighted by Crippen LogP contribution is -2.51. The minimum atomic E-state index is -0.381. The van der Waals surface area contributed by atoms with Gasteiger partial charge in [0.05, 0.1) is 6.33 Å². The van der Waals surface area contributed by atoms with E-state index in [1.165, 1.54) is 6.07 Å². The van der Waals surface area contributed by atoms with Gasteiger partial charge in [0.25, 0.3) is 5.91 Å². The number of hydrogen-bond donors (Lipinski definition) is 0. The molecule has 0 bridgehead atoms. The van der Waals surface area contributed by atoms with Crippen LogP contribution in [0, 0.1) is 12.7 Å². The Bertz CT molecular complexity index is 767. The second kappa shape index (κ2) is 7.04. The molecule has 1 aromatic heterocycles. The molecule has 1 aliphatic rings. The van der Waals surface area contributed by atoms with Crippen LogP contribution in [0.3, 0.4) is 0 Å². The van der Waals surface area contributed by atoms with Crippen LogP contribution in [0.5, 0.6) is 0 Å². The van der Waals surface area contributed by atoms with Gasteiger partial charge in [0.1, 0.15) is 11.9 Å². The Hall–Kier alpha value is -2.70. The third kappa shape index (κ3) is 3.55. The lowest BCUT2D eigenvalue weighted by molar-refractivity contribution is -0.135. The summed E-state index contributed by atoms with van der Waals surface area (Å²) in [7, 11) is 0. The van der Waals surface area contributed by atoms with Crippen LogP contribution >= 0.6 is 0 Å². The van der Waals surface area contributed by atoms with Crippen LogP contribution < -0.4 is 0 Å². The number of amides is 2. The second-order valence-electron chi connectivity index (χ2n) is 6.27. The number of carbonyl (C=O) groups is 2. The minimum Gasteiger partial charge on any atom is -0.337 e. The van der Waals surface area contributed by atoms with Crippen molar-refractivity contribution in [2.45, 2.75) is 19.9 Å². The summed E-state index contributed by atoms with van der Waals surface area (Å²) >= 11 is 0. The van der Waals surface area contributed by atoms with Gasteiger partial charge in [0, 0.05) is 44.1 Å². The summed E-state index contributed by atoms with van der Waals surface area (Å²) < 4.78 is 15.4. The minimum absolute atomic E-state index is 0.00600. The van der Waals surface area contributed by atoms with Gasteiger partial charge in [-0.05, 0) is 31.5 Å². The highest BCUT2D eigenvalue weighted by atomic mass is 19.1. The second-order valence-corrected chi connectivity index (χ2v) is 6.27. The van der Waals surface area contributed by atoms with Crippen LogP contribution in [-0.4, -0.2) is 57.3 Å². The molecule has 2 amide bonds. The SMILES string of the molecule is Cc1ccc(C(=O)N2CCN(C(=O)C(C)n3ccnc3)CC2)cc1F. The quantitative estimate of drug-likeness (QED) is 0.854. The first kappa shape index (κ1) is 17.1. The van der Waals surface area contributed by atoms with Crippen LogP contribution in [0.1, 0.15) is 28.9 Å². The molecule has 6 nitrogen and oxygen atoms in total. The van der Waals surface area contributed by atoms with Gasteiger partial charge < -0.3 is 14.4 Å². The highest BCUT2D eigenvalue weighted by Crippen LogP contribution is 2.15. The monoisotopic (exact) mass is 344 g/mol. The number of imidazole rings is 1. The summed E-state index contributed by atoms with van der Waals surface area (Å²) in [4.78, 5) is 32.4. The van der Waals surface area contributed by atoms with Crippen molar-refractivity contribution in [2.24, 2.45) is 0 Å². The molecule has 2 aromatic rings. The molecule has 1 atom stereocenters. The molecule has 1 saturated heterocycles. The standard InChI is InChI=1S/C18H21FN4O2/c1-13-3-4-15(11-16(13)19)18(25)22-9-7-21(8-10-22)17(24)14(2)23-6-5-20-12-23/h3-6,11-12,14H,7-10H2,1-2H3. The smallest absolute Gasteiger partial charge is 0.254 e. The first-order valence-electron chi connectivity index (χ1n) is 8.29. The molecule has 1 aromatic carbocycles. The number of hydrogen-bond acceptors (Lipinski definition) is 3. The van der Waals surface area contributed by atoms with E-state index in [2.05, 4.69) is 4.98 Å². The summed E-state index contributed by atoms with van der Waals surface area (Å²) in [6.07, 6.45) is 5.02. The number of carbonyl (C=O) groups excluding carboxylic acids is 2. The summed E-state index contributed by atoms with van der Waals surface area (Å²) in [5.41, 5.74) is 0.857. The molecule has 1 fully saturated rings. The van der Waals surface area contributed by atoms with E-state index in [0.717, 1.165) is 0 Å². The Balaban J connectivity index is 1.60. The normalized spacial score (nSPS) is 16.0. The molecular weight excluding hydrogens is 323 g/mol. The maximum absolute atomic E-state index is 13.7. The van der Waals surface area contributed by atoms with Crippen LogP contribution in [-0.2, 0) is 4.79 Å². The van der Waals surface area contributed by atoms with Crippen LogP contribution in [0.4, 0.5) is 4.39 Å². The molecule has 0 spiro atoms.